The van der Waals surface area contributed by atoms with Crippen molar-refractivity contribution < 1.29 is 14.7 Å². The highest BCUT2D eigenvalue weighted by molar-refractivity contribution is 7.12. The summed E-state index contributed by atoms with van der Waals surface area (Å²) in [7, 11) is 0. The van der Waals surface area contributed by atoms with Gasteiger partial charge in [-0.15, -0.1) is 11.3 Å². The van der Waals surface area contributed by atoms with E-state index in [0.717, 1.165) is 4.57 Å². The van der Waals surface area contributed by atoms with Crippen LogP contribution in [0.15, 0.2) is 35.7 Å². The summed E-state index contributed by atoms with van der Waals surface area (Å²) in [6, 6.07) is 7.12. The number of primary amides is 1. The number of nitrogens with two attached hydrogens (primary N) is 1. The molecule has 106 valence electrons. The van der Waals surface area contributed by atoms with Gasteiger partial charge < -0.3 is 10.8 Å². The molecule has 7 heteroatoms. The van der Waals surface area contributed by atoms with Crippen LogP contribution in [0.5, 0.6) is 5.88 Å². The number of carbonyl (C=O) groups is 2. The lowest BCUT2D eigenvalue weighted by atomic mass is 10.2. The largest absolute Gasteiger partial charge is 0.494 e. The topological polar surface area (TPSA) is 85.3 Å². The molecule has 2 aromatic heterocycles. The van der Waals surface area contributed by atoms with Gasteiger partial charge in [0.05, 0.1) is 16.0 Å². The molecule has 0 bridgehead atoms. The second kappa shape index (κ2) is 4.91. The van der Waals surface area contributed by atoms with Crippen LogP contribution in [0.25, 0.3) is 10.9 Å². The summed E-state index contributed by atoms with van der Waals surface area (Å²) in [5.41, 5.74) is 5.63. The molecule has 3 rings (SSSR count). The molecule has 0 saturated heterocycles. The monoisotopic (exact) mass is 326 g/mol. The first kappa shape index (κ1) is 13.7. The minimum atomic E-state index is -0.870. The minimum Gasteiger partial charge on any atom is -0.494 e. The van der Waals surface area contributed by atoms with Gasteiger partial charge in [0.1, 0.15) is 0 Å². The van der Waals surface area contributed by atoms with Crippen LogP contribution in [-0.4, -0.2) is 21.5 Å². The molecule has 0 fully saturated rings. The molecule has 2 heterocycles. The van der Waals surface area contributed by atoms with E-state index in [1.165, 1.54) is 23.5 Å². The molecule has 3 N–H and O–H groups in total. The Labute approximate surface area is 128 Å². The van der Waals surface area contributed by atoms with Crippen molar-refractivity contribution in [2.24, 2.45) is 5.73 Å². The van der Waals surface area contributed by atoms with Crippen LogP contribution in [-0.2, 0) is 0 Å². The maximum Gasteiger partial charge on any atom is 0.326 e. The number of aromatic nitrogens is 1. The first-order chi connectivity index (χ1) is 10.0. The van der Waals surface area contributed by atoms with Crippen LogP contribution >= 0.6 is 22.9 Å². The number of ketones is 1. The maximum absolute atomic E-state index is 12.5. The van der Waals surface area contributed by atoms with Crippen LogP contribution in [0.3, 0.4) is 0 Å². The number of carbonyl (C=O) groups excluding carboxylic acids is 2. The van der Waals surface area contributed by atoms with Crippen molar-refractivity contribution in [3.63, 3.8) is 0 Å². The normalized spacial score (nSPS) is 10.9. The molecule has 0 aliphatic carbocycles. The summed E-state index contributed by atoms with van der Waals surface area (Å²) in [4.78, 5) is 24.5. The average molecular weight is 327 g/mol. The molecular weight excluding hydrogens is 318 g/mol. The lowest BCUT2D eigenvalue weighted by molar-refractivity contribution is 0.104. The van der Waals surface area contributed by atoms with Crippen molar-refractivity contribution in [2.75, 3.05) is 0 Å². The molecule has 5 nitrogen and oxygen atoms in total. The maximum atomic E-state index is 12.5. The van der Waals surface area contributed by atoms with E-state index >= 15 is 0 Å². The number of nitrogens with zero attached hydrogens (tertiary/aromatic N) is 1. The third-order valence-corrected chi connectivity index (χ3v) is 4.20. The SMILES string of the molecule is NC(=O)n1c(O)c(C(=O)c2cccs2)[13c]2[13cH][13c](Cl)[13cH][13cH][13c]21. The second-order valence-corrected chi connectivity index (χ2v) is 5.72. The smallest absolute Gasteiger partial charge is 0.326 e. The fourth-order valence-electron chi connectivity index (χ4n) is 2.23. The molecule has 0 unspecified atom stereocenters. The van der Waals surface area contributed by atoms with Gasteiger partial charge in [-0.1, -0.05) is 17.7 Å². The Morgan fingerprint density at radius 2 is 2.05 bits per heavy atom. The summed E-state index contributed by atoms with van der Waals surface area (Å²) in [5, 5.41) is 12.8. The van der Waals surface area contributed by atoms with Crippen molar-refractivity contribution >= 4 is 45.7 Å². The Hall–Kier alpha value is -2.31. The van der Waals surface area contributed by atoms with Crippen molar-refractivity contribution in [3.8, 4) is 5.88 Å². The van der Waals surface area contributed by atoms with Gasteiger partial charge in [-0.05, 0) is 29.6 Å². The summed E-state index contributed by atoms with van der Waals surface area (Å²) in [6.45, 7) is 0. The fraction of sp³-hybridized carbons (Fsp3) is 0. The van der Waals surface area contributed by atoms with Crippen molar-refractivity contribution in [3.05, 3.63) is 51.2 Å². The van der Waals surface area contributed by atoms with E-state index in [-0.39, 0.29) is 11.3 Å². The summed E-state index contributed by atoms with van der Waals surface area (Å²) in [6.07, 6.45) is 0. The molecule has 1 amide bonds. The van der Waals surface area contributed by atoms with Crippen LogP contribution in [0.2, 0.25) is 5.02 Å². The fourth-order valence-corrected chi connectivity index (χ4v) is 3.07. The number of benzene rings is 1. The lowest BCUT2D eigenvalue weighted by Gasteiger charge is -2.00. The van der Waals surface area contributed by atoms with E-state index in [1.807, 2.05) is 0 Å². The number of rotatable bonds is 2. The Kier molecular flexibility index (Phi) is 3.19. The van der Waals surface area contributed by atoms with E-state index in [2.05, 4.69) is 0 Å². The Morgan fingerprint density at radius 1 is 1.29 bits per heavy atom. The van der Waals surface area contributed by atoms with Crippen molar-refractivity contribution in [1.82, 2.24) is 4.57 Å². The molecule has 21 heavy (non-hydrogen) atoms. The zero-order valence-corrected chi connectivity index (χ0v) is 12.1. The summed E-state index contributed by atoms with van der Waals surface area (Å²) >= 11 is 7.19. The van der Waals surface area contributed by atoms with E-state index in [1.54, 1.807) is 23.6 Å². The third kappa shape index (κ3) is 2.09. The predicted molar refractivity (Wildman–Crippen MR) is 81.3 cm³/mol. The Bertz CT molecular complexity index is 868. The number of amides is 1. The van der Waals surface area contributed by atoms with E-state index < -0.39 is 11.9 Å². The van der Waals surface area contributed by atoms with Gasteiger partial charge in [-0.25, -0.2) is 9.36 Å². The zero-order valence-electron chi connectivity index (χ0n) is 10.5. The quantitative estimate of drug-likeness (QED) is 0.709. The van der Waals surface area contributed by atoms with E-state index in [4.69, 9.17) is 17.3 Å². The molecule has 0 atom stereocenters. The van der Waals surface area contributed by atoms with E-state index in [0.29, 0.717) is 20.8 Å². The zero-order chi connectivity index (χ0) is 15.1. The molecule has 0 saturated carbocycles. The van der Waals surface area contributed by atoms with Gasteiger partial charge in [-0.2, -0.15) is 0 Å². The van der Waals surface area contributed by atoms with E-state index in [9.17, 15) is 14.7 Å². The van der Waals surface area contributed by atoms with Crippen LogP contribution < -0.4 is 5.73 Å². The lowest BCUT2D eigenvalue weighted by Crippen LogP contribution is -2.18. The highest BCUT2D eigenvalue weighted by Crippen LogP contribution is 2.35. The van der Waals surface area contributed by atoms with Crippen LogP contribution in [0.4, 0.5) is 4.79 Å². The minimum absolute atomic E-state index is 0.0220. The standard InChI is InChI=1S/C14H9ClN2O3S/c15-7-3-4-9-8(6-7)11(13(19)17(9)14(16)20)12(18)10-2-1-5-21-10/h1-6,19H,(H2,16,20)/i3+1,4+1,6+1,7+1,8+1,9+1. The highest BCUT2D eigenvalue weighted by Gasteiger charge is 2.26. The molecular formula is C14H9ClN2O3S. The molecule has 0 spiro atoms. The number of aromatic hydroxyl groups is 1. The third-order valence-electron chi connectivity index (χ3n) is 3.10. The number of hydrogen-bond donors (Lipinski definition) is 2. The molecule has 1 aromatic carbocycles. The van der Waals surface area contributed by atoms with Gasteiger partial charge in [0.15, 0.2) is 0 Å². The highest BCUT2D eigenvalue weighted by atomic mass is 35.5. The van der Waals surface area contributed by atoms with Gasteiger partial charge in [-0.3, -0.25) is 4.79 Å². The van der Waals surface area contributed by atoms with Gasteiger partial charge in [0.25, 0.3) is 0 Å². The molecule has 0 aliphatic rings. The van der Waals surface area contributed by atoms with Crippen molar-refractivity contribution in [1.29, 1.82) is 0 Å². The molecule has 0 radical (unpaired) electrons. The van der Waals surface area contributed by atoms with Crippen molar-refractivity contribution in [2.45, 2.75) is 0 Å². The molecule has 3 aromatic rings. The first-order valence-electron chi connectivity index (χ1n) is 5.91. The predicted octanol–water partition coefficient (Wildman–Crippen LogP) is 3.22. The van der Waals surface area contributed by atoms with Crippen LogP contribution in [0, 0.1) is 0 Å². The Morgan fingerprint density at radius 3 is 2.67 bits per heavy atom. The second-order valence-electron chi connectivity index (χ2n) is 4.34. The number of fused-ring (bicyclic) bond motifs is 1. The van der Waals surface area contributed by atoms with Gasteiger partial charge in [0.2, 0.25) is 11.7 Å². The van der Waals surface area contributed by atoms with Crippen LogP contribution in [0.1, 0.15) is 15.2 Å². The van der Waals surface area contributed by atoms with Gasteiger partial charge >= 0.3 is 6.03 Å². The average Bonchev–Trinajstić information content (AvgIpc) is 3.03. The summed E-state index contributed by atoms with van der Waals surface area (Å²) < 4.78 is 0.895. The van der Waals surface area contributed by atoms with Gasteiger partial charge in [0, 0.05) is 10.4 Å². The molecule has 0 aliphatic heterocycles. The number of thiophene rings is 1. The number of halogens is 1. The first-order valence-corrected chi connectivity index (χ1v) is 7.17. The summed E-state index contributed by atoms with van der Waals surface area (Å²) in [5.74, 6) is -0.854. The Balaban J connectivity index is 2.36. The number of hydrogen-bond acceptors (Lipinski definition) is 4.